The maximum atomic E-state index is 11.4. The van der Waals surface area contributed by atoms with Gasteiger partial charge in [-0.2, -0.15) is 0 Å². The van der Waals surface area contributed by atoms with Gasteiger partial charge in [0.15, 0.2) is 0 Å². The van der Waals surface area contributed by atoms with Crippen molar-refractivity contribution < 1.29 is 14.8 Å². The fraction of sp³-hybridized carbons (Fsp3) is 0.533. The number of carboxylic acid groups (broad SMARTS) is 1. The summed E-state index contributed by atoms with van der Waals surface area (Å²) in [7, 11) is 1.89. The van der Waals surface area contributed by atoms with Gasteiger partial charge in [0.25, 0.3) is 5.69 Å². The van der Waals surface area contributed by atoms with Crippen LogP contribution in [0, 0.1) is 15.5 Å². The molecule has 0 fully saturated rings. The maximum Gasteiger partial charge on any atom is 0.343 e. The monoisotopic (exact) mass is 294 g/mol. The van der Waals surface area contributed by atoms with Crippen LogP contribution in [-0.4, -0.2) is 34.0 Å². The van der Waals surface area contributed by atoms with E-state index in [-0.39, 0.29) is 22.7 Å². The first-order valence-electron chi connectivity index (χ1n) is 6.75. The smallest absolute Gasteiger partial charge is 0.343 e. The van der Waals surface area contributed by atoms with E-state index in [4.69, 9.17) is 0 Å². The molecule has 1 aromatic rings. The molecule has 1 unspecified atom stereocenters. The van der Waals surface area contributed by atoms with Crippen LogP contribution in [0.1, 0.15) is 43.6 Å². The van der Waals surface area contributed by atoms with Crippen molar-refractivity contribution in [1.29, 1.82) is 0 Å². The highest BCUT2D eigenvalue weighted by Gasteiger charge is 2.27. The minimum absolute atomic E-state index is 0.0266. The minimum atomic E-state index is -1.27. The Morgan fingerprint density at radius 1 is 1.43 bits per heavy atom. The van der Waals surface area contributed by atoms with E-state index in [1.807, 2.05) is 11.9 Å². The van der Waals surface area contributed by atoms with Gasteiger partial charge in [-0.1, -0.05) is 32.9 Å². The highest BCUT2D eigenvalue weighted by molar-refractivity contribution is 5.94. The van der Waals surface area contributed by atoms with Crippen molar-refractivity contribution in [2.75, 3.05) is 7.05 Å². The van der Waals surface area contributed by atoms with Gasteiger partial charge in [0.05, 0.1) is 4.92 Å². The second-order valence-electron chi connectivity index (χ2n) is 6.33. The van der Waals surface area contributed by atoms with Crippen molar-refractivity contribution >= 4 is 11.7 Å². The van der Waals surface area contributed by atoms with Crippen molar-refractivity contribution in [3.05, 3.63) is 39.4 Å². The highest BCUT2D eigenvalue weighted by Crippen LogP contribution is 2.27. The van der Waals surface area contributed by atoms with E-state index in [9.17, 15) is 20.0 Å². The molecule has 0 saturated carbocycles. The zero-order valence-corrected chi connectivity index (χ0v) is 13.1. The molecule has 0 aliphatic carbocycles. The Morgan fingerprint density at radius 3 is 2.43 bits per heavy atom. The van der Waals surface area contributed by atoms with E-state index in [2.05, 4.69) is 27.7 Å². The average Bonchev–Trinajstić information content (AvgIpc) is 2.35. The van der Waals surface area contributed by atoms with E-state index in [0.29, 0.717) is 12.1 Å². The Kier molecular flexibility index (Phi) is 5.06. The first kappa shape index (κ1) is 17.1. The Labute approximate surface area is 124 Å². The number of carboxylic acids is 1. The summed E-state index contributed by atoms with van der Waals surface area (Å²) < 4.78 is 0. The number of hydrogen-bond donors (Lipinski definition) is 1. The Bertz CT molecular complexity index is 549. The summed E-state index contributed by atoms with van der Waals surface area (Å²) in [5, 5.41) is 20.3. The number of carbonyl (C=O) groups is 1. The molecule has 6 nitrogen and oxygen atoms in total. The van der Waals surface area contributed by atoms with Crippen LogP contribution in [0.2, 0.25) is 0 Å². The molecule has 116 valence electrons. The van der Waals surface area contributed by atoms with Gasteiger partial charge in [-0.15, -0.1) is 0 Å². The molecule has 1 aromatic carbocycles. The molecule has 1 atom stereocenters. The lowest BCUT2D eigenvalue weighted by Gasteiger charge is -2.35. The summed E-state index contributed by atoms with van der Waals surface area (Å²) in [6.45, 7) is 8.69. The fourth-order valence-electron chi connectivity index (χ4n) is 2.18. The molecular weight excluding hydrogens is 272 g/mol. The molecule has 0 aliphatic heterocycles. The fourth-order valence-corrected chi connectivity index (χ4v) is 2.18. The van der Waals surface area contributed by atoms with Gasteiger partial charge >= 0.3 is 5.97 Å². The molecule has 0 radical (unpaired) electrons. The molecule has 0 heterocycles. The zero-order valence-electron chi connectivity index (χ0n) is 13.1. The Balaban J connectivity index is 3.17. The largest absolute Gasteiger partial charge is 0.477 e. The van der Waals surface area contributed by atoms with Gasteiger partial charge in [0.1, 0.15) is 5.56 Å². The summed E-state index contributed by atoms with van der Waals surface area (Å²) in [6, 6.07) is 4.57. The predicted octanol–water partition coefficient (Wildman–Crippen LogP) is 3.16. The zero-order chi connectivity index (χ0) is 16.4. The normalized spacial score (nSPS) is 13.2. The third-order valence-corrected chi connectivity index (χ3v) is 3.87. The second kappa shape index (κ2) is 6.22. The molecule has 1 N–H and O–H groups in total. The van der Waals surface area contributed by atoms with Gasteiger partial charge in [0, 0.05) is 18.7 Å². The van der Waals surface area contributed by atoms with E-state index in [0.717, 1.165) is 0 Å². The quantitative estimate of drug-likeness (QED) is 0.666. The number of nitro groups is 1. The number of rotatable bonds is 5. The predicted molar refractivity (Wildman–Crippen MR) is 80.4 cm³/mol. The topological polar surface area (TPSA) is 83.7 Å². The number of hydrogen-bond acceptors (Lipinski definition) is 4. The van der Waals surface area contributed by atoms with Gasteiger partial charge in [-0.05, 0) is 24.9 Å². The summed E-state index contributed by atoms with van der Waals surface area (Å²) >= 11 is 0. The molecular formula is C15H22N2O4. The van der Waals surface area contributed by atoms with Crippen LogP contribution in [0.15, 0.2) is 18.2 Å². The molecule has 1 rings (SSSR count). The van der Waals surface area contributed by atoms with Crippen molar-refractivity contribution in [1.82, 2.24) is 4.90 Å². The minimum Gasteiger partial charge on any atom is -0.477 e. The van der Waals surface area contributed by atoms with E-state index < -0.39 is 10.9 Å². The SMILES string of the molecule is CC(N(C)Cc1cccc([N+](=O)[O-])c1C(=O)O)C(C)(C)C. The van der Waals surface area contributed by atoms with Crippen molar-refractivity contribution in [3.8, 4) is 0 Å². The number of nitrogens with zero attached hydrogens (tertiary/aromatic N) is 2. The highest BCUT2D eigenvalue weighted by atomic mass is 16.6. The van der Waals surface area contributed by atoms with Gasteiger partial charge in [-0.25, -0.2) is 4.79 Å². The summed E-state index contributed by atoms with van der Waals surface area (Å²) in [4.78, 5) is 23.7. The van der Waals surface area contributed by atoms with E-state index in [1.165, 1.54) is 12.1 Å². The third-order valence-electron chi connectivity index (χ3n) is 3.87. The molecule has 0 aliphatic rings. The lowest BCUT2D eigenvalue weighted by atomic mass is 9.87. The number of nitro benzene ring substituents is 1. The van der Waals surface area contributed by atoms with Crippen molar-refractivity contribution in [2.24, 2.45) is 5.41 Å². The van der Waals surface area contributed by atoms with Crippen LogP contribution in [0.3, 0.4) is 0 Å². The summed E-state index contributed by atoms with van der Waals surface area (Å²) in [5.74, 6) is -1.27. The molecule has 0 bridgehead atoms. The van der Waals surface area contributed by atoms with Crippen molar-refractivity contribution in [3.63, 3.8) is 0 Å². The van der Waals surface area contributed by atoms with Crippen LogP contribution >= 0.6 is 0 Å². The summed E-state index contributed by atoms with van der Waals surface area (Å²) in [5.41, 5.74) is -0.110. The van der Waals surface area contributed by atoms with Crippen molar-refractivity contribution in [2.45, 2.75) is 40.3 Å². The lowest BCUT2D eigenvalue weighted by molar-refractivity contribution is -0.385. The number of aromatic carboxylic acids is 1. The van der Waals surface area contributed by atoms with Gasteiger partial charge in [-0.3, -0.25) is 15.0 Å². The molecule has 21 heavy (non-hydrogen) atoms. The molecule has 6 heteroatoms. The first-order chi connectivity index (χ1) is 9.55. The van der Waals surface area contributed by atoms with Crippen LogP contribution in [0.25, 0.3) is 0 Å². The van der Waals surface area contributed by atoms with Crippen LogP contribution in [0.5, 0.6) is 0 Å². The van der Waals surface area contributed by atoms with Gasteiger partial charge < -0.3 is 5.11 Å². The molecule has 0 amide bonds. The van der Waals surface area contributed by atoms with Crippen LogP contribution in [-0.2, 0) is 6.54 Å². The third kappa shape index (κ3) is 4.01. The Morgan fingerprint density at radius 2 is 2.00 bits per heavy atom. The Hall–Kier alpha value is -1.95. The molecule has 0 spiro atoms. The van der Waals surface area contributed by atoms with Gasteiger partial charge in [0.2, 0.25) is 0 Å². The molecule has 0 aromatic heterocycles. The summed E-state index contributed by atoms with van der Waals surface area (Å²) in [6.07, 6.45) is 0. The number of benzene rings is 1. The van der Waals surface area contributed by atoms with Crippen LogP contribution < -0.4 is 0 Å². The maximum absolute atomic E-state index is 11.4. The van der Waals surface area contributed by atoms with E-state index in [1.54, 1.807) is 6.07 Å². The lowest BCUT2D eigenvalue weighted by Crippen LogP contribution is -2.39. The standard InChI is InChI=1S/C15H22N2O4/c1-10(15(2,3)4)16(5)9-11-7-6-8-12(17(20)21)13(11)14(18)19/h6-8,10H,9H2,1-5H3,(H,18,19). The van der Waals surface area contributed by atoms with E-state index >= 15 is 0 Å². The van der Waals surface area contributed by atoms with Crippen LogP contribution in [0.4, 0.5) is 5.69 Å². The molecule has 0 saturated heterocycles. The first-order valence-corrected chi connectivity index (χ1v) is 6.75. The average molecular weight is 294 g/mol. The second-order valence-corrected chi connectivity index (χ2v) is 6.33.